The lowest BCUT2D eigenvalue weighted by Gasteiger charge is -2.43. The topological polar surface area (TPSA) is 41.7 Å². The van der Waals surface area contributed by atoms with Crippen LogP contribution in [0.2, 0.25) is 0 Å². The lowest BCUT2D eigenvalue weighted by atomic mass is 10.1. The molecule has 0 aliphatic carbocycles. The summed E-state index contributed by atoms with van der Waals surface area (Å²) in [5.74, 6) is 0. The van der Waals surface area contributed by atoms with Crippen LogP contribution in [0.25, 0.3) is 0 Å². The molecule has 92 valence electrons. The molecule has 0 spiro atoms. The molecule has 0 saturated carbocycles. The van der Waals surface area contributed by atoms with Crippen LogP contribution in [0, 0.1) is 0 Å². The van der Waals surface area contributed by atoms with Crippen molar-refractivity contribution in [3.05, 3.63) is 24.3 Å². The number of anilines is 2. The quantitative estimate of drug-likeness (QED) is 0.767. The average Bonchev–Trinajstić information content (AvgIpc) is 2.28. The molecule has 2 fully saturated rings. The first-order valence-corrected chi connectivity index (χ1v) is 6.25. The second-order valence-corrected chi connectivity index (χ2v) is 4.81. The van der Waals surface area contributed by atoms with Crippen LogP contribution in [0.1, 0.15) is 0 Å². The van der Waals surface area contributed by atoms with E-state index >= 15 is 0 Å². The lowest BCUT2D eigenvalue weighted by Crippen LogP contribution is -2.56. The summed E-state index contributed by atoms with van der Waals surface area (Å²) >= 11 is 0. The highest BCUT2D eigenvalue weighted by Crippen LogP contribution is 2.20. The summed E-state index contributed by atoms with van der Waals surface area (Å²) in [4.78, 5) is 4.94. The smallest absolute Gasteiger partial charge is 0.0645 e. The summed E-state index contributed by atoms with van der Waals surface area (Å²) in [5, 5.41) is 0. The van der Waals surface area contributed by atoms with Crippen molar-refractivity contribution >= 4 is 11.4 Å². The summed E-state index contributed by atoms with van der Waals surface area (Å²) < 4.78 is 5.24. The normalized spacial score (nSPS) is 22.5. The van der Waals surface area contributed by atoms with E-state index in [9.17, 15) is 0 Å². The van der Waals surface area contributed by atoms with E-state index in [1.807, 2.05) is 12.1 Å². The van der Waals surface area contributed by atoms with Gasteiger partial charge in [-0.1, -0.05) is 6.07 Å². The number of piperazine rings is 1. The van der Waals surface area contributed by atoms with Gasteiger partial charge in [0.15, 0.2) is 0 Å². The number of hydrogen-bond acceptors (Lipinski definition) is 4. The number of nitrogen functional groups attached to an aromatic ring is 1. The van der Waals surface area contributed by atoms with Gasteiger partial charge in [-0.25, -0.2) is 0 Å². The maximum atomic E-state index is 5.82. The molecular weight excluding hydrogens is 214 g/mol. The molecule has 4 heteroatoms. The Morgan fingerprint density at radius 2 is 1.88 bits per heavy atom. The van der Waals surface area contributed by atoms with E-state index in [-0.39, 0.29) is 0 Å². The summed E-state index contributed by atoms with van der Waals surface area (Å²) in [6.07, 6.45) is 0. The van der Waals surface area contributed by atoms with Gasteiger partial charge in [0, 0.05) is 37.6 Å². The molecule has 3 rings (SSSR count). The van der Waals surface area contributed by atoms with Gasteiger partial charge in [0.1, 0.15) is 0 Å². The molecule has 0 unspecified atom stereocenters. The largest absolute Gasteiger partial charge is 0.399 e. The molecule has 1 aromatic carbocycles. The molecular formula is C13H19N3O. The zero-order valence-electron chi connectivity index (χ0n) is 10.0. The first-order chi connectivity index (χ1) is 8.33. The third-order valence-electron chi connectivity index (χ3n) is 3.69. The van der Waals surface area contributed by atoms with E-state index in [1.165, 1.54) is 5.69 Å². The van der Waals surface area contributed by atoms with E-state index in [4.69, 9.17) is 10.5 Å². The van der Waals surface area contributed by atoms with Crippen molar-refractivity contribution in [2.24, 2.45) is 0 Å². The maximum absolute atomic E-state index is 5.82. The van der Waals surface area contributed by atoms with Crippen LogP contribution >= 0.6 is 0 Å². The highest BCUT2D eigenvalue weighted by Gasteiger charge is 2.28. The second kappa shape index (κ2) is 4.55. The predicted molar refractivity (Wildman–Crippen MR) is 69.2 cm³/mol. The fourth-order valence-corrected chi connectivity index (χ4v) is 2.50. The minimum absolute atomic E-state index is 0.665. The average molecular weight is 233 g/mol. The fourth-order valence-electron chi connectivity index (χ4n) is 2.50. The zero-order valence-corrected chi connectivity index (χ0v) is 10.0. The van der Waals surface area contributed by atoms with Gasteiger partial charge in [0.2, 0.25) is 0 Å². The molecule has 4 nitrogen and oxygen atoms in total. The highest BCUT2D eigenvalue weighted by molar-refractivity contribution is 5.56. The van der Waals surface area contributed by atoms with Gasteiger partial charge in [-0.2, -0.15) is 0 Å². The number of nitrogens with zero attached hydrogens (tertiary/aromatic N) is 2. The summed E-state index contributed by atoms with van der Waals surface area (Å²) in [6.45, 7) is 6.25. The fraction of sp³-hybridized carbons (Fsp3) is 0.538. The number of hydrogen-bond donors (Lipinski definition) is 1. The molecule has 2 aliphatic rings. The highest BCUT2D eigenvalue weighted by atomic mass is 16.5. The Balaban J connectivity index is 1.60. The van der Waals surface area contributed by atoms with Gasteiger partial charge >= 0.3 is 0 Å². The van der Waals surface area contributed by atoms with Crippen LogP contribution in [0.5, 0.6) is 0 Å². The molecule has 2 saturated heterocycles. The molecule has 2 N–H and O–H groups in total. The monoisotopic (exact) mass is 233 g/mol. The van der Waals surface area contributed by atoms with Crippen molar-refractivity contribution in [1.29, 1.82) is 0 Å². The van der Waals surface area contributed by atoms with Gasteiger partial charge in [0.25, 0.3) is 0 Å². The van der Waals surface area contributed by atoms with Crippen molar-refractivity contribution in [1.82, 2.24) is 4.90 Å². The number of benzene rings is 1. The van der Waals surface area contributed by atoms with E-state index < -0.39 is 0 Å². The Morgan fingerprint density at radius 3 is 2.47 bits per heavy atom. The van der Waals surface area contributed by atoms with Crippen molar-refractivity contribution in [2.45, 2.75) is 6.04 Å². The Kier molecular flexibility index (Phi) is 2.91. The molecule has 0 bridgehead atoms. The second-order valence-electron chi connectivity index (χ2n) is 4.81. The van der Waals surface area contributed by atoms with Crippen molar-refractivity contribution in [3.63, 3.8) is 0 Å². The van der Waals surface area contributed by atoms with Crippen LogP contribution in [-0.2, 0) is 4.74 Å². The molecule has 1 aromatic rings. The van der Waals surface area contributed by atoms with E-state index in [0.29, 0.717) is 6.04 Å². The van der Waals surface area contributed by atoms with Gasteiger partial charge in [0.05, 0.1) is 19.3 Å². The van der Waals surface area contributed by atoms with Crippen LogP contribution in [0.4, 0.5) is 11.4 Å². The number of ether oxygens (including phenoxy) is 1. The van der Waals surface area contributed by atoms with Gasteiger partial charge < -0.3 is 15.4 Å². The van der Waals surface area contributed by atoms with Crippen molar-refractivity contribution in [3.8, 4) is 0 Å². The van der Waals surface area contributed by atoms with E-state index in [0.717, 1.165) is 45.1 Å². The SMILES string of the molecule is Nc1cccc(N2CCN(C3COC3)CC2)c1. The maximum Gasteiger partial charge on any atom is 0.0645 e. The summed E-state index contributed by atoms with van der Waals surface area (Å²) in [7, 11) is 0. The molecule has 2 aliphatic heterocycles. The molecule has 0 aromatic heterocycles. The number of nitrogens with two attached hydrogens (primary N) is 1. The minimum Gasteiger partial charge on any atom is -0.399 e. The van der Waals surface area contributed by atoms with Gasteiger partial charge in [-0.3, -0.25) is 4.90 Å². The Labute approximate surface area is 102 Å². The van der Waals surface area contributed by atoms with Crippen LogP contribution in [-0.4, -0.2) is 50.3 Å². The Bertz CT molecular complexity index is 384. The molecule has 0 amide bonds. The van der Waals surface area contributed by atoms with Crippen molar-refractivity contribution in [2.75, 3.05) is 50.0 Å². The minimum atomic E-state index is 0.665. The van der Waals surface area contributed by atoms with Crippen LogP contribution in [0.15, 0.2) is 24.3 Å². The van der Waals surface area contributed by atoms with Crippen molar-refractivity contribution < 1.29 is 4.74 Å². The molecule has 17 heavy (non-hydrogen) atoms. The molecule has 0 radical (unpaired) electrons. The third kappa shape index (κ3) is 2.23. The van der Waals surface area contributed by atoms with Crippen LogP contribution < -0.4 is 10.6 Å². The zero-order chi connectivity index (χ0) is 11.7. The summed E-state index contributed by atoms with van der Waals surface area (Å²) in [5.41, 5.74) is 7.91. The first-order valence-electron chi connectivity index (χ1n) is 6.25. The van der Waals surface area contributed by atoms with Gasteiger partial charge in [-0.05, 0) is 18.2 Å². The molecule has 2 heterocycles. The third-order valence-corrected chi connectivity index (χ3v) is 3.69. The van der Waals surface area contributed by atoms with E-state index in [1.54, 1.807) is 0 Å². The Hall–Kier alpha value is -1.26. The number of rotatable bonds is 2. The van der Waals surface area contributed by atoms with Crippen LogP contribution in [0.3, 0.4) is 0 Å². The summed E-state index contributed by atoms with van der Waals surface area (Å²) in [6, 6.07) is 8.82. The first kappa shape index (κ1) is 10.9. The molecule has 0 atom stereocenters. The predicted octanol–water partition coefficient (Wildman–Crippen LogP) is 0.790. The van der Waals surface area contributed by atoms with E-state index in [2.05, 4.69) is 21.9 Å². The standard InChI is InChI=1S/C13H19N3O/c14-11-2-1-3-12(8-11)15-4-6-16(7-5-15)13-9-17-10-13/h1-3,8,13H,4-7,9-10,14H2. The van der Waals surface area contributed by atoms with Gasteiger partial charge in [-0.15, -0.1) is 0 Å². The lowest BCUT2D eigenvalue weighted by molar-refractivity contribution is -0.0660. The Morgan fingerprint density at radius 1 is 1.12 bits per heavy atom.